The lowest BCUT2D eigenvalue weighted by atomic mass is 10.1. The van der Waals surface area contributed by atoms with Gasteiger partial charge in [-0.15, -0.1) is 0 Å². The van der Waals surface area contributed by atoms with Crippen LogP contribution >= 0.6 is 15.9 Å². The van der Waals surface area contributed by atoms with Crippen LogP contribution < -0.4 is 10.6 Å². The molecule has 0 bridgehead atoms. The molecule has 2 rings (SSSR count). The van der Waals surface area contributed by atoms with Gasteiger partial charge in [-0.25, -0.2) is 0 Å². The number of amides is 1. The number of benzene rings is 2. The third-order valence-electron chi connectivity index (χ3n) is 3.60. The molecule has 2 N–H and O–H groups in total. The lowest BCUT2D eigenvalue weighted by molar-refractivity contribution is -0.138. The molecule has 0 spiro atoms. The molecular weight excluding hydrogens is 385 g/mol. The Hall–Kier alpha value is -2.02. The molecule has 0 radical (unpaired) electrons. The van der Waals surface area contributed by atoms with Crippen molar-refractivity contribution >= 4 is 33.2 Å². The highest BCUT2D eigenvalue weighted by Gasteiger charge is 2.33. The lowest BCUT2D eigenvalue weighted by Gasteiger charge is -2.13. The molecule has 0 aliphatic heterocycles. The fraction of sp³-hybridized carbons (Fsp3) is 0.235. The highest BCUT2D eigenvalue weighted by atomic mass is 79.9. The minimum atomic E-state index is -4.46. The molecule has 1 amide bonds. The smallest absolute Gasteiger partial charge is 0.376 e. The monoisotopic (exact) mass is 400 g/mol. The van der Waals surface area contributed by atoms with E-state index in [4.69, 9.17) is 0 Å². The molecule has 7 heteroatoms. The van der Waals surface area contributed by atoms with Crippen LogP contribution in [0.5, 0.6) is 0 Å². The number of carbonyl (C=O) groups is 1. The van der Waals surface area contributed by atoms with Crippen molar-refractivity contribution in [3.63, 3.8) is 0 Å². The molecule has 24 heavy (non-hydrogen) atoms. The van der Waals surface area contributed by atoms with Crippen LogP contribution in [0, 0.1) is 13.8 Å². The van der Waals surface area contributed by atoms with E-state index in [1.165, 1.54) is 12.1 Å². The number of hydrogen-bond acceptors (Lipinski definition) is 2. The van der Waals surface area contributed by atoms with Crippen molar-refractivity contribution in [1.29, 1.82) is 0 Å². The van der Waals surface area contributed by atoms with Gasteiger partial charge in [0.15, 0.2) is 0 Å². The largest absolute Gasteiger partial charge is 0.417 e. The predicted octanol–water partition coefficient (Wildman–Crippen LogP) is 5.14. The summed E-state index contributed by atoms with van der Waals surface area (Å²) in [5.41, 5.74) is 2.12. The molecule has 0 aromatic heterocycles. The second kappa shape index (κ2) is 7.25. The first-order chi connectivity index (χ1) is 11.2. The standard InChI is InChI=1S/C17H16BrF3N2O/c1-10-4-3-5-15(11(10)2)23-16(24)9-22-12-6-7-14(18)13(8-12)17(19,20)21/h3-8,22H,9H2,1-2H3,(H,23,24). The van der Waals surface area contributed by atoms with Crippen LogP contribution in [0.25, 0.3) is 0 Å². The van der Waals surface area contributed by atoms with Crippen molar-refractivity contribution in [1.82, 2.24) is 0 Å². The molecule has 2 aromatic carbocycles. The Labute approximate surface area is 146 Å². The Kier molecular flexibility index (Phi) is 5.54. The zero-order valence-electron chi connectivity index (χ0n) is 13.1. The van der Waals surface area contributed by atoms with Crippen LogP contribution in [0.2, 0.25) is 0 Å². The van der Waals surface area contributed by atoms with Gasteiger partial charge in [-0.2, -0.15) is 13.2 Å². The third-order valence-corrected chi connectivity index (χ3v) is 4.30. The van der Waals surface area contributed by atoms with E-state index in [0.29, 0.717) is 5.69 Å². The van der Waals surface area contributed by atoms with Gasteiger partial charge in [0, 0.05) is 15.8 Å². The van der Waals surface area contributed by atoms with E-state index in [-0.39, 0.29) is 22.6 Å². The molecule has 2 aromatic rings. The predicted molar refractivity (Wildman–Crippen MR) is 92.2 cm³/mol. The summed E-state index contributed by atoms with van der Waals surface area (Å²) in [7, 11) is 0. The summed E-state index contributed by atoms with van der Waals surface area (Å²) in [5.74, 6) is -0.333. The summed E-state index contributed by atoms with van der Waals surface area (Å²) < 4.78 is 38.5. The fourth-order valence-electron chi connectivity index (χ4n) is 2.12. The molecule has 0 atom stereocenters. The van der Waals surface area contributed by atoms with Gasteiger partial charge in [0.2, 0.25) is 5.91 Å². The maximum Gasteiger partial charge on any atom is 0.417 e. The maximum absolute atomic E-state index is 12.9. The number of anilines is 2. The number of hydrogen-bond donors (Lipinski definition) is 2. The molecule has 0 saturated heterocycles. The van der Waals surface area contributed by atoms with E-state index in [2.05, 4.69) is 26.6 Å². The van der Waals surface area contributed by atoms with E-state index >= 15 is 0 Å². The van der Waals surface area contributed by atoms with Crippen molar-refractivity contribution in [2.75, 3.05) is 17.2 Å². The fourth-order valence-corrected chi connectivity index (χ4v) is 2.59. The summed E-state index contributed by atoms with van der Waals surface area (Å²) in [4.78, 5) is 12.0. The average molecular weight is 401 g/mol. The normalized spacial score (nSPS) is 11.2. The zero-order chi connectivity index (χ0) is 17.9. The molecule has 0 aliphatic carbocycles. The molecule has 0 aliphatic rings. The van der Waals surface area contributed by atoms with Crippen LogP contribution in [0.3, 0.4) is 0 Å². The second-order valence-electron chi connectivity index (χ2n) is 5.34. The summed E-state index contributed by atoms with van der Waals surface area (Å²) in [5, 5.41) is 5.45. The van der Waals surface area contributed by atoms with Crippen LogP contribution in [0.4, 0.5) is 24.5 Å². The summed E-state index contributed by atoms with van der Waals surface area (Å²) in [6.45, 7) is 3.69. The summed E-state index contributed by atoms with van der Waals surface area (Å²) >= 11 is 2.88. The van der Waals surface area contributed by atoms with Gasteiger partial charge in [-0.3, -0.25) is 4.79 Å². The van der Waals surface area contributed by atoms with Crippen molar-refractivity contribution in [3.05, 3.63) is 57.6 Å². The molecular formula is C17H16BrF3N2O. The van der Waals surface area contributed by atoms with Gasteiger partial charge in [-0.1, -0.05) is 28.1 Å². The van der Waals surface area contributed by atoms with Gasteiger partial charge in [0.25, 0.3) is 0 Å². The molecule has 0 unspecified atom stereocenters. The zero-order valence-corrected chi connectivity index (χ0v) is 14.7. The molecule has 3 nitrogen and oxygen atoms in total. The summed E-state index contributed by atoms with van der Waals surface area (Å²) in [6, 6.07) is 9.29. The van der Waals surface area contributed by atoms with Crippen LogP contribution in [-0.4, -0.2) is 12.5 Å². The molecule has 128 valence electrons. The average Bonchev–Trinajstić information content (AvgIpc) is 2.50. The lowest BCUT2D eigenvalue weighted by Crippen LogP contribution is -2.22. The van der Waals surface area contributed by atoms with Crippen molar-refractivity contribution in [2.24, 2.45) is 0 Å². The Morgan fingerprint density at radius 1 is 1.17 bits per heavy atom. The first-order valence-electron chi connectivity index (χ1n) is 7.15. The number of alkyl halides is 3. The van der Waals surface area contributed by atoms with Crippen molar-refractivity contribution in [3.8, 4) is 0 Å². The molecule has 0 fully saturated rings. The third kappa shape index (κ3) is 4.50. The van der Waals surface area contributed by atoms with Gasteiger partial charge in [0.1, 0.15) is 0 Å². The Bertz CT molecular complexity index is 760. The number of nitrogens with one attached hydrogen (secondary N) is 2. The number of rotatable bonds is 4. The highest BCUT2D eigenvalue weighted by molar-refractivity contribution is 9.10. The Balaban J connectivity index is 2.03. The van der Waals surface area contributed by atoms with E-state index in [0.717, 1.165) is 17.2 Å². The van der Waals surface area contributed by atoms with Gasteiger partial charge >= 0.3 is 6.18 Å². The van der Waals surface area contributed by atoms with Gasteiger partial charge in [0.05, 0.1) is 12.1 Å². The van der Waals surface area contributed by atoms with Gasteiger partial charge in [-0.05, 0) is 49.2 Å². The minimum absolute atomic E-state index is 0.0413. The molecule has 0 saturated carbocycles. The first-order valence-corrected chi connectivity index (χ1v) is 7.94. The van der Waals surface area contributed by atoms with Crippen LogP contribution in [0.1, 0.15) is 16.7 Å². The van der Waals surface area contributed by atoms with E-state index in [1.807, 2.05) is 26.0 Å². The maximum atomic E-state index is 12.9. The van der Waals surface area contributed by atoms with E-state index in [1.54, 1.807) is 6.07 Å². The van der Waals surface area contributed by atoms with Gasteiger partial charge < -0.3 is 10.6 Å². The second-order valence-corrected chi connectivity index (χ2v) is 6.20. The van der Waals surface area contributed by atoms with E-state index in [9.17, 15) is 18.0 Å². The van der Waals surface area contributed by atoms with Crippen molar-refractivity contribution < 1.29 is 18.0 Å². The first kappa shape index (κ1) is 18.3. The molecule has 0 heterocycles. The topological polar surface area (TPSA) is 41.1 Å². The SMILES string of the molecule is Cc1cccc(NC(=O)CNc2ccc(Br)c(C(F)(F)F)c2)c1C. The van der Waals surface area contributed by atoms with E-state index < -0.39 is 11.7 Å². The Morgan fingerprint density at radius 2 is 1.88 bits per heavy atom. The number of aryl methyl sites for hydroxylation is 1. The quantitative estimate of drug-likeness (QED) is 0.746. The highest BCUT2D eigenvalue weighted by Crippen LogP contribution is 2.36. The van der Waals surface area contributed by atoms with Crippen LogP contribution in [0.15, 0.2) is 40.9 Å². The number of halogens is 4. The van der Waals surface area contributed by atoms with Crippen molar-refractivity contribution in [2.45, 2.75) is 20.0 Å². The summed E-state index contributed by atoms with van der Waals surface area (Å²) in [6.07, 6.45) is -4.46. The van der Waals surface area contributed by atoms with Crippen LogP contribution in [-0.2, 0) is 11.0 Å². The number of carbonyl (C=O) groups excluding carboxylic acids is 1. The Morgan fingerprint density at radius 3 is 2.54 bits per heavy atom. The minimum Gasteiger partial charge on any atom is -0.376 e.